The predicted octanol–water partition coefficient (Wildman–Crippen LogP) is 5.99. The van der Waals surface area contributed by atoms with Gasteiger partial charge in [-0.3, -0.25) is 0 Å². The highest BCUT2D eigenvalue weighted by molar-refractivity contribution is 5.62. The molecule has 0 amide bonds. The monoisotopic (exact) mass is 388 g/mol. The van der Waals surface area contributed by atoms with Crippen LogP contribution in [-0.4, -0.2) is 38.4 Å². The van der Waals surface area contributed by atoms with Gasteiger partial charge >= 0.3 is 0 Å². The maximum Gasteiger partial charge on any atom is 0.118 e. The molecule has 0 unspecified atom stereocenters. The van der Waals surface area contributed by atoms with Crippen molar-refractivity contribution in [3.05, 3.63) is 0 Å². The van der Waals surface area contributed by atoms with Gasteiger partial charge in [0.05, 0.1) is 0 Å². The van der Waals surface area contributed by atoms with Crippen molar-refractivity contribution in [2.75, 3.05) is 27.2 Å². The molecule has 28 heavy (non-hydrogen) atoms. The number of hydrogen-bond donors (Lipinski definition) is 0. The van der Waals surface area contributed by atoms with E-state index in [2.05, 4.69) is 44.2 Å². The average Bonchev–Trinajstić information content (AvgIpc) is 3.00. The van der Waals surface area contributed by atoms with Crippen LogP contribution >= 0.6 is 0 Å². The Kier molecular flexibility index (Phi) is 6.12. The summed E-state index contributed by atoms with van der Waals surface area (Å²) in [5.41, 5.74) is 1.12. The molecule has 3 nitrogen and oxygen atoms in total. The van der Waals surface area contributed by atoms with Crippen molar-refractivity contribution in [2.24, 2.45) is 45.6 Å². The van der Waals surface area contributed by atoms with Crippen molar-refractivity contribution in [2.45, 2.75) is 84.5 Å². The fraction of sp³-hybridized carbons (Fsp3) is 0.960. The standard InChI is InChI=1S/C25H44N2O/c1-24-14-6-5-8-19(24)9-11-21-22-12-10-20(25(22,2)15-13-23(21)24)18-26-28-17-7-16-27(3)4/h18-23H,5-17H2,1-4H3/t19-,20+,21-,22-,23-,24-,25+/m0/s1. The van der Waals surface area contributed by atoms with Gasteiger partial charge < -0.3 is 9.74 Å². The van der Waals surface area contributed by atoms with Crippen LogP contribution in [0.4, 0.5) is 0 Å². The maximum atomic E-state index is 5.61. The molecule has 4 aliphatic rings. The highest BCUT2D eigenvalue weighted by Crippen LogP contribution is 2.67. The van der Waals surface area contributed by atoms with E-state index in [1.165, 1.54) is 64.2 Å². The third-order valence-electron chi connectivity index (χ3n) is 9.81. The normalized spacial score (nSPS) is 45.7. The van der Waals surface area contributed by atoms with Crippen LogP contribution in [0.2, 0.25) is 0 Å². The average molecular weight is 389 g/mol. The summed E-state index contributed by atoms with van der Waals surface area (Å²) in [6.45, 7) is 7.10. The highest BCUT2D eigenvalue weighted by atomic mass is 16.6. The van der Waals surface area contributed by atoms with Crippen LogP contribution < -0.4 is 0 Å². The van der Waals surface area contributed by atoms with E-state index in [4.69, 9.17) is 4.84 Å². The quantitative estimate of drug-likeness (QED) is 0.317. The lowest BCUT2D eigenvalue weighted by Crippen LogP contribution is -2.52. The van der Waals surface area contributed by atoms with Crippen LogP contribution in [0, 0.1) is 40.4 Å². The van der Waals surface area contributed by atoms with Crippen molar-refractivity contribution in [1.29, 1.82) is 0 Å². The molecular formula is C25H44N2O. The van der Waals surface area contributed by atoms with E-state index < -0.39 is 0 Å². The lowest BCUT2D eigenvalue weighted by Gasteiger charge is -2.60. The molecule has 3 heteroatoms. The van der Waals surface area contributed by atoms with E-state index in [0.29, 0.717) is 16.7 Å². The fourth-order valence-corrected chi connectivity index (χ4v) is 8.20. The molecule has 0 aromatic rings. The molecule has 0 heterocycles. The summed E-state index contributed by atoms with van der Waals surface area (Å²) in [6, 6.07) is 0. The van der Waals surface area contributed by atoms with E-state index in [1.807, 2.05) is 0 Å². The molecule has 160 valence electrons. The number of nitrogens with zero attached hydrogens (tertiary/aromatic N) is 2. The summed E-state index contributed by atoms with van der Waals surface area (Å²) < 4.78 is 0. The van der Waals surface area contributed by atoms with Crippen LogP contribution in [0.25, 0.3) is 0 Å². The van der Waals surface area contributed by atoms with Gasteiger partial charge in [0, 0.05) is 18.7 Å². The molecule has 0 radical (unpaired) electrons. The zero-order chi connectivity index (χ0) is 19.8. The first kappa shape index (κ1) is 20.7. The molecule has 4 fully saturated rings. The van der Waals surface area contributed by atoms with Gasteiger partial charge in [0.2, 0.25) is 0 Å². The Morgan fingerprint density at radius 1 is 0.929 bits per heavy atom. The molecule has 4 aliphatic carbocycles. The second-order valence-corrected chi connectivity index (χ2v) is 11.4. The number of rotatable bonds is 6. The smallest absolute Gasteiger partial charge is 0.118 e. The van der Waals surface area contributed by atoms with Crippen molar-refractivity contribution in [3.8, 4) is 0 Å². The highest BCUT2D eigenvalue weighted by Gasteiger charge is 2.59. The van der Waals surface area contributed by atoms with E-state index in [1.54, 1.807) is 0 Å². The van der Waals surface area contributed by atoms with Gasteiger partial charge in [-0.25, -0.2) is 0 Å². The fourth-order valence-electron chi connectivity index (χ4n) is 8.20. The van der Waals surface area contributed by atoms with Gasteiger partial charge in [0.25, 0.3) is 0 Å². The van der Waals surface area contributed by atoms with E-state index in [-0.39, 0.29) is 0 Å². The first-order valence-electron chi connectivity index (χ1n) is 12.3. The summed E-state index contributed by atoms with van der Waals surface area (Å²) >= 11 is 0. The largest absolute Gasteiger partial charge is 0.396 e. The summed E-state index contributed by atoms with van der Waals surface area (Å²) in [4.78, 5) is 7.81. The summed E-state index contributed by atoms with van der Waals surface area (Å²) in [5.74, 6) is 4.57. The maximum absolute atomic E-state index is 5.61. The second-order valence-electron chi connectivity index (χ2n) is 11.4. The van der Waals surface area contributed by atoms with Gasteiger partial charge in [-0.2, -0.15) is 0 Å². The molecule has 4 rings (SSSR count). The van der Waals surface area contributed by atoms with Crippen LogP contribution in [0.1, 0.15) is 84.5 Å². The molecule has 0 aromatic carbocycles. The van der Waals surface area contributed by atoms with Crippen LogP contribution in [0.15, 0.2) is 5.16 Å². The first-order chi connectivity index (χ1) is 13.4. The molecule has 0 aromatic heterocycles. The summed E-state index contributed by atoms with van der Waals surface area (Å²) in [7, 11) is 4.22. The molecule has 0 N–H and O–H groups in total. The van der Waals surface area contributed by atoms with Crippen LogP contribution in [0.5, 0.6) is 0 Å². The summed E-state index contributed by atoms with van der Waals surface area (Å²) in [6.07, 6.45) is 17.9. The molecule has 0 saturated heterocycles. The van der Waals surface area contributed by atoms with Gasteiger partial charge in [-0.15, -0.1) is 0 Å². The number of oxime groups is 1. The number of hydrogen-bond acceptors (Lipinski definition) is 3. The van der Waals surface area contributed by atoms with Gasteiger partial charge in [-0.05, 0) is 106 Å². The van der Waals surface area contributed by atoms with Crippen molar-refractivity contribution < 1.29 is 4.84 Å². The van der Waals surface area contributed by atoms with Gasteiger partial charge in [0.15, 0.2) is 0 Å². The van der Waals surface area contributed by atoms with Crippen molar-refractivity contribution in [1.82, 2.24) is 4.90 Å². The Labute approximate surface area is 173 Å². The van der Waals surface area contributed by atoms with Gasteiger partial charge in [0.1, 0.15) is 6.61 Å². The van der Waals surface area contributed by atoms with E-state index in [0.717, 1.165) is 43.2 Å². The Bertz CT molecular complexity index is 561. The molecule has 0 aliphatic heterocycles. The molecule has 0 bridgehead atoms. The van der Waals surface area contributed by atoms with E-state index >= 15 is 0 Å². The lowest BCUT2D eigenvalue weighted by atomic mass is 9.45. The predicted molar refractivity (Wildman–Crippen MR) is 117 cm³/mol. The minimum absolute atomic E-state index is 0.468. The first-order valence-corrected chi connectivity index (χ1v) is 12.3. The molecule has 4 saturated carbocycles. The van der Waals surface area contributed by atoms with Crippen molar-refractivity contribution in [3.63, 3.8) is 0 Å². The summed E-state index contributed by atoms with van der Waals surface area (Å²) in [5, 5.41) is 4.43. The minimum Gasteiger partial charge on any atom is -0.396 e. The molecular weight excluding hydrogens is 344 g/mol. The number of fused-ring (bicyclic) bond motifs is 5. The van der Waals surface area contributed by atoms with Crippen molar-refractivity contribution >= 4 is 6.21 Å². The van der Waals surface area contributed by atoms with Crippen LogP contribution in [0.3, 0.4) is 0 Å². The topological polar surface area (TPSA) is 24.8 Å². The lowest BCUT2D eigenvalue weighted by molar-refractivity contribution is -0.106. The Morgan fingerprint density at radius 3 is 2.57 bits per heavy atom. The Morgan fingerprint density at radius 2 is 1.75 bits per heavy atom. The third-order valence-corrected chi connectivity index (χ3v) is 9.81. The SMILES string of the molecule is CN(C)CCCON=C[C@H]1CC[C@H]2[C@@H]3CC[C@@H]4CCCC[C@]4(C)[C@H]3CC[C@]12C. The third kappa shape index (κ3) is 3.66. The Balaban J connectivity index is 1.38. The second kappa shape index (κ2) is 8.28. The van der Waals surface area contributed by atoms with Crippen LogP contribution in [-0.2, 0) is 4.84 Å². The Hall–Kier alpha value is -0.570. The zero-order valence-corrected chi connectivity index (χ0v) is 19.0. The molecule has 0 spiro atoms. The molecule has 7 atom stereocenters. The zero-order valence-electron chi connectivity index (χ0n) is 19.0. The minimum atomic E-state index is 0.468. The van der Waals surface area contributed by atoms with E-state index in [9.17, 15) is 0 Å². The van der Waals surface area contributed by atoms with Gasteiger partial charge in [-0.1, -0.05) is 31.8 Å².